The lowest BCUT2D eigenvalue weighted by Gasteiger charge is -2.28. The first kappa shape index (κ1) is 28.2. The Morgan fingerprint density at radius 3 is 2.44 bits per heavy atom. The van der Waals surface area contributed by atoms with Crippen LogP contribution in [-0.2, 0) is 14.8 Å². The number of hydrogen-bond donors (Lipinski definition) is 1. The van der Waals surface area contributed by atoms with E-state index in [1.165, 1.54) is 0 Å². The van der Waals surface area contributed by atoms with Gasteiger partial charge < -0.3 is 9.64 Å². The van der Waals surface area contributed by atoms with Crippen molar-refractivity contribution in [3.8, 4) is 11.3 Å². The second-order valence-corrected chi connectivity index (χ2v) is 11.2. The Balaban J connectivity index is 0.00000337. The van der Waals surface area contributed by atoms with Gasteiger partial charge in [0.1, 0.15) is 0 Å². The molecule has 4 heterocycles. The predicted molar refractivity (Wildman–Crippen MR) is 162 cm³/mol. The van der Waals surface area contributed by atoms with E-state index in [1.807, 2.05) is 63.9 Å². The van der Waals surface area contributed by atoms with E-state index in [1.54, 1.807) is 30.5 Å². The Morgan fingerprint density at radius 1 is 0.951 bits per heavy atom. The highest BCUT2D eigenvalue weighted by Crippen LogP contribution is 2.28. The number of benzene rings is 2. The van der Waals surface area contributed by atoms with Gasteiger partial charge in [0, 0.05) is 35.8 Å². The number of sulfonamides is 1. The van der Waals surface area contributed by atoms with Crippen molar-refractivity contribution in [2.75, 3.05) is 37.5 Å². The molecule has 0 aliphatic carbocycles. The van der Waals surface area contributed by atoms with Crippen molar-refractivity contribution in [2.24, 2.45) is 0 Å². The van der Waals surface area contributed by atoms with Crippen molar-refractivity contribution in [3.63, 3.8) is 0 Å². The summed E-state index contributed by atoms with van der Waals surface area (Å²) in [5.74, 6) is 0.0806. The molecule has 0 atom stereocenters. The van der Waals surface area contributed by atoms with Crippen LogP contribution in [0.25, 0.3) is 40.0 Å². The summed E-state index contributed by atoms with van der Waals surface area (Å²) >= 11 is 0. The number of imidazole rings is 1. The fourth-order valence-corrected chi connectivity index (χ4v) is 5.09. The van der Waals surface area contributed by atoms with Crippen molar-refractivity contribution in [3.05, 3.63) is 90.0 Å². The number of ether oxygens (including phenoxy) is 1. The van der Waals surface area contributed by atoms with Crippen molar-refractivity contribution < 1.29 is 17.9 Å². The van der Waals surface area contributed by atoms with Crippen LogP contribution in [0.4, 0.5) is 5.82 Å². The first-order valence-corrected chi connectivity index (χ1v) is 14.6. The fraction of sp³-hybridized carbons (Fsp3) is 0.172. The van der Waals surface area contributed by atoms with Gasteiger partial charge in [-0.05, 0) is 36.4 Å². The van der Waals surface area contributed by atoms with Gasteiger partial charge >= 0.3 is 0 Å². The van der Waals surface area contributed by atoms with Crippen molar-refractivity contribution >= 4 is 62.9 Å². The van der Waals surface area contributed by atoms with Crippen LogP contribution in [-0.4, -0.2) is 66.2 Å². The second-order valence-electron chi connectivity index (χ2n) is 9.47. The van der Waals surface area contributed by atoms with Crippen LogP contribution in [0, 0.1) is 0 Å². The topological polar surface area (TPSA) is 119 Å². The third-order valence-corrected chi connectivity index (χ3v) is 7.13. The third-order valence-electron chi connectivity index (χ3n) is 6.57. The van der Waals surface area contributed by atoms with E-state index < -0.39 is 15.9 Å². The van der Waals surface area contributed by atoms with Crippen LogP contribution in [0.2, 0.25) is 0 Å². The lowest BCUT2D eigenvalue weighted by Crippen LogP contribution is -2.37. The summed E-state index contributed by atoms with van der Waals surface area (Å²) in [6.07, 6.45) is 8.53. The molecule has 0 bridgehead atoms. The zero-order valence-electron chi connectivity index (χ0n) is 22.1. The molecule has 210 valence electrons. The third kappa shape index (κ3) is 6.22. The van der Waals surface area contributed by atoms with Gasteiger partial charge in [-0.25, -0.2) is 28.1 Å². The van der Waals surface area contributed by atoms with Gasteiger partial charge in [-0.1, -0.05) is 36.4 Å². The Morgan fingerprint density at radius 2 is 1.68 bits per heavy atom. The van der Waals surface area contributed by atoms with E-state index in [-0.39, 0.29) is 18.0 Å². The van der Waals surface area contributed by atoms with Crippen LogP contribution >= 0.6 is 12.4 Å². The monoisotopic (exact) mass is 590 g/mol. The van der Waals surface area contributed by atoms with Crippen LogP contribution in [0.3, 0.4) is 0 Å². The summed E-state index contributed by atoms with van der Waals surface area (Å²) in [6.45, 7) is 2.66. The molecule has 0 saturated carbocycles. The van der Waals surface area contributed by atoms with Gasteiger partial charge in [-0.3, -0.25) is 9.20 Å². The van der Waals surface area contributed by atoms with Crippen molar-refractivity contribution in [1.29, 1.82) is 0 Å². The Kier molecular flexibility index (Phi) is 8.02. The standard InChI is InChI=1S/C29H26N6O4S.ClH/c1-40(37,38)33-29(36)22-8-6-21(7-9-22)26-18-30-27(34-14-16-39-17-15-34)28-32-24(19-35(26)28)13-12-23-11-10-20-4-2-3-5-25(20)31-23;/h2-13,18-19H,14-17H2,1H3,(H,33,36);1H. The average molecular weight is 591 g/mol. The summed E-state index contributed by atoms with van der Waals surface area (Å²) < 4.78 is 32.4. The summed E-state index contributed by atoms with van der Waals surface area (Å²) in [5.41, 5.74) is 5.00. The minimum atomic E-state index is -3.66. The highest BCUT2D eigenvalue weighted by atomic mass is 35.5. The number of pyridine rings is 1. The number of carbonyl (C=O) groups is 1. The lowest BCUT2D eigenvalue weighted by molar-refractivity contribution is 0.0981. The number of rotatable bonds is 6. The Bertz CT molecular complexity index is 1870. The zero-order valence-corrected chi connectivity index (χ0v) is 23.7. The number of hydrogen-bond acceptors (Lipinski definition) is 8. The van der Waals surface area contributed by atoms with Crippen molar-refractivity contribution in [1.82, 2.24) is 24.1 Å². The minimum Gasteiger partial charge on any atom is -0.378 e. The predicted octanol–water partition coefficient (Wildman–Crippen LogP) is 4.06. The number of carbonyl (C=O) groups excluding carboxylic acids is 1. The summed E-state index contributed by atoms with van der Waals surface area (Å²) in [5, 5.41) is 1.08. The number of nitrogens with one attached hydrogen (secondary N) is 1. The molecule has 10 nitrogen and oxygen atoms in total. The molecule has 1 saturated heterocycles. The molecule has 0 spiro atoms. The number of anilines is 1. The number of fused-ring (bicyclic) bond motifs is 2. The maximum atomic E-state index is 12.3. The zero-order chi connectivity index (χ0) is 27.7. The molecule has 6 rings (SSSR count). The fourth-order valence-electron chi connectivity index (χ4n) is 4.64. The first-order chi connectivity index (χ1) is 19.3. The number of morpholine rings is 1. The van der Waals surface area contributed by atoms with E-state index >= 15 is 0 Å². The molecule has 1 fully saturated rings. The SMILES string of the molecule is CS(=O)(=O)NC(=O)c1ccc(-c2cnc(N3CCOCC3)c3nc(C=Cc4ccc5ccccc5n4)cn23)cc1.Cl. The number of halogens is 1. The molecule has 1 aliphatic rings. The average Bonchev–Trinajstić information content (AvgIpc) is 3.39. The molecule has 0 radical (unpaired) electrons. The van der Waals surface area contributed by atoms with Gasteiger partial charge in [0.05, 0.1) is 48.3 Å². The first-order valence-electron chi connectivity index (χ1n) is 12.7. The Hall–Kier alpha value is -4.32. The minimum absolute atomic E-state index is 0. The van der Waals surface area contributed by atoms with Gasteiger partial charge in [0.15, 0.2) is 11.5 Å². The van der Waals surface area contributed by atoms with Crippen molar-refractivity contribution in [2.45, 2.75) is 0 Å². The summed E-state index contributed by atoms with van der Waals surface area (Å²) in [6, 6.07) is 18.7. The van der Waals surface area contributed by atoms with Crippen LogP contribution in [0.15, 0.2) is 73.1 Å². The molecular formula is C29H27ClN6O4S. The molecule has 5 aromatic rings. The van der Waals surface area contributed by atoms with E-state index in [9.17, 15) is 13.2 Å². The van der Waals surface area contributed by atoms with Gasteiger partial charge in [-0.15, -0.1) is 12.4 Å². The maximum absolute atomic E-state index is 12.3. The normalized spacial score (nSPS) is 13.9. The molecule has 41 heavy (non-hydrogen) atoms. The molecule has 0 unspecified atom stereocenters. The summed E-state index contributed by atoms with van der Waals surface area (Å²) in [4.78, 5) is 28.8. The van der Waals surface area contributed by atoms with Gasteiger partial charge in [0.25, 0.3) is 5.91 Å². The largest absolute Gasteiger partial charge is 0.378 e. The molecule has 1 aliphatic heterocycles. The smallest absolute Gasteiger partial charge is 0.264 e. The highest BCUT2D eigenvalue weighted by molar-refractivity contribution is 7.89. The van der Waals surface area contributed by atoms with Gasteiger partial charge in [0.2, 0.25) is 10.0 Å². The quantitative estimate of drug-likeness (QED) is 0.314. The number of para-hydroxylation sites is 1. The maximum Gasteiger partial charge on any atom is 0.264 e. The molecule has 2 aromatic carbocycles. The number of amides is 1. The lowest BCUT2D eigenvalue weighted by atomic mass is 10.1. The van der Waals surface area contributed by atoms with Gasteiger partial charge in [-0.2, -0.15) is 0 Å². The molecule has 12 heteroatoms. The number of nitrogens with zero attached hydrogens (tertiary/aromatic N) is 5. The molecule has 3 aromatic heterocycles. The van der Waals surface area contributed by atoms with E-state index in [0.29, 0.717) is 32.0 Å². The molecule has 1 N–H and O–H groups in total. The van der Waals surface area contributed by atoms with E-state index in [0.717, 1.165) is 45.6 Å². The van der Waals surface area contributed by atoms with E-state index in [4.69, 9.17) is 19.7 Å². The summed E-state index contributed by atoms with van der Waals surface area (Å²) in [7, 11) is -3.66. The molecule has 1 amide bonds. The number of aromatic nitrogens is 4. The van der Waals surface area contributed by atoms with E-state index in [2.05, 4.69) is 4.90 Å². The molecular weight excluding hydrogens is 564 g/mol. The second kappa shape index (κ2) is 11.7. The van der Waals surface area contributed by atoms with Crippen LogP contribution in [0.5, 0.6) is 0 Å². The van der Waals surface area contributed by atoms with Crippen LogP contribution < -0.4 is 9.62 Å². The Labute approximate surface area is 243 Å². The highest BCUT2D eigenvalue weighted by Gasteiger charge is 2.20. The van der Waals surface area contributed by atoms with Crippen LogP contribution in [0.1, 0.15) is 21.7 Å².